The smallest absolute Gasteiger partial charge is 0.259 e. The Hall–Kier alpha value is -1.94. The molecule has 3 nitrogen and oxygen atoms in total. The number of rotatable bonds is 4. The average Bonchev–Trinajstić information content (AvgIpc) is 2.49. The van der Waals surface area contributed by atoms with Gasteiger partial charge in [0, 0.05) is 10.1 Å². The van der Waals surface area contributed by atoms with Crippen molar-refractivity contribution in [2.75, 3.05) is 11.4 Å². The van der Waals surface area contributed by atoms with Gasteiger partial charge in [-0.3, -0.25) is 4.79 Å². The molecule has 0 N–H and O–H groups in total. The molecule has 0 spiro atoms. The molecule has 106 valence electrons. The van der Waals surface area contributed by atoms with Gasteiger partial charge in [-0.2, -0.15) is 5.26 Å². The molecule has 2 aromatic rings. The molecule has 0 radical (unpaired) electrons. The van der Waals surface area contributed by atoms with E-state index in [-0.39, 0.29) is 24.6 Å². The molecule has 0 bridgehead atoms. The summed E-state index contributed by atoms with van der Waals surface area (Å²) < 4.78 is 14.8. The van der Waals surface area contributed by atoms with Crippen molar-refractivity contribution in [3.05, 3.63) is 63.5 Å². The van der Waals surface area contributed by atoms with Gasteiger partial charge in [-0.1, -0.05) is 24.3 Å². The summed E-state index contributed by atoms with van der Waals surface area (Å²) >= 11 is 2.07. The van der Waals surface area contributed by atoms with E-state index in [1.807, 2.05) is 18.2 Å². The van der Waals surface area contributed by atoms with Crippen molar-refractivity contribution in [2.24, 2.45) is 0 Å². The Balaban J connectivity index is 2.42. The molecule has 5 heteroatoms. The van der Waals surface area contributed by atoms with E-state index < -0.39 is 5.82 Å². The molecule has 2 rings (SSSR count). The Morgan fingerprint density at radius 3 is 2.52 bits per heavy atom. The fourth-order valence-corrected chi connectivity index (χ4v) is 2.56. The molecule has 21 heavy (non-hydrogen) atoms. The first kappa shape index (κ1) is 15.4. The van der Waals surface area contributed by atoms with E-state index in [1.54, 1.807) is 30.3 Å². The number of benzene rings is 2. The minimum Gasteiger partial charge on any atom is -0.304 e. The Morgan fingerprint density at radius 2 is 1.86 bits per heavy atom. The maximum absolute atomic E-state index is 14.0. The van der Waals surface area contributed by atoms with Crippen LogP contribution in [-0.4, -0.2) is 12.5 Å². The molecule has 0 atom stereocenters. The van der Waals surface area contributed by atoms with Crippen LogP contribution in [0.2, 0.25) is 0 Å². The Morgan fingerprint density at radius 1 is 1.19 bits per heavy atom. The standard InChI is InChI=1S/C16H12FIN2O/c17-13-7-2-4-9-15(13)20(11-5-10-19)16(21)12-6-1-3-8-14(12)18/h1-4,6-9H,5,11H2. The molecule has 0 fully saturated rings. The largest absolute Gasteiger partial charge is 0.304 e. The molecule has 0 aliphatic carbocycles. The number of nitriles is 1. The zero-order valence-electron chi connectivity index (χ0n) is 11.1. The van der Waals surface area contributed by atoms with Gasteiger partial charge in [0.2, 0.25) is 0 Å². The third kappa shape index (κ3) is 3.58. The van der Waals surface area contributed by atoms with Crippen LogP contribution in [0, 0.1) is 20.7 Å². The first-order chi connectivity index (χ1) is 10.1. The molecule has 0 saturated heterocycles. The highest BCUT2D eigenvalue weighted by atomic mass is 127. The van der Waals surface area contributed by atoms with Crippen LogP contribution in [0.15, 0.2) is 48.5 Å². The first-order valence-corrected chi connectivity index (χ1v) is 7.41. The number of hydrogen-bond donors (Lipinski definition) is 0. The van der Waals surface area contributed by atoms with Crippen LogP contribution in [0.4, 0.5) is 10.1 Å². The number of carbonyl (C=O) groups is 1. The highest BCUT2D eigenvalue weighted by Crippen LogP contribution is 2.23. The Labute approximate surface area is 136 Å². The number of hydrogen-bond acceptors (Lipinski definition) is 2. The summed E-state index contributed by atoms with van der Waals surface area (Å²) in [6.07, 6.45) is 0.142. The predicted molar refractivity (Wildman–Crippen MR) is 87.5 cm³/mol. The Bertz CT molecular complexity index is 697. The third-order valence-electron chi connectivity index (χ3n) is 2.94. The van der Waals surface area contributed by atoms with Crippen molar-refractivity contribution in [1.82, 2.24) is 0 Å². The van der Waals surface area contributed by atoms with Crippen molar-refractivity contribution >= 4 is 34.2 Å². The van der Waals surface area contributed by atoms with Gasteiger partial charge in [0.15, 0.2) is 0 Å². The lowest BCUT2D eigenvalue weighted by Crippen LogP contribution is -2.33. The predicted octanol–water partition coefficient (Wildman–Crippen LogP) is 3.99. The van der Waals surface area contributed by atoms with Gasteiger partial charge in [0.05, 0.1) is 23.7 Å². The van der Waals surface area contributed by atoms with Crippen LogP contribution in [0.3, 0.4) is 0 Å². The second-order valence-corrected chi connectivity index (χ2v) is 5.46. The van der Waals surface area contributed by atoms with Gasteiger partial charge in [-0.25, -0.2) is 4.39 Å². The van der Waals surface area contributed by atoms with Gasteiger partial charge in [0.25, 0.3) is 5.91 Å². The van der Waals surface area contributed by atoms with E-state index in [2.05, 4.69) is 22.6 Å². The molecule has 0 unspecified atom stereocenters. The summed E-state index contributed by atoms with van der Waals surface area (Å²) in [7, 11) is 0. The molecular formula is C16H12FIN2O. The summed E-state index contributed by atoms with van der Waals surface area (Å²) in [4.78, 5) is 14.0. The third-order valence-corrected chi connectivity index (χ3v) is 3.88. The van der Waals surface area contributed by atoms with Crippen LogP contribution in [0.25, 0.3) is 0 Å². The quantitative estimate of drug-likeness (QED) is 0.737. The SMILES string of the molecule is N#CCCN(C(=O)c1ccccc1I)c1ccccc1F. The topological polar surface area (TPSA) is 44.1 Å². The van der Waals surface area contributed by atoms with E-state index >= 15 is 0 Å². The van der Waals surface area contributed by atoms with E-state index in [0.29, 0.717) is 5.56 Å². The molecule has 2 aromatic carbocycles. The first-order valence-electron chi connectivity index (χ1n) is 6.33. The second-order valence-electron chi connectivity index (χ2n) is 4.30. The maximum Gasteiger partial charge on any atom is 0.259 e. The van der Waals surface area contributed by atoms with Crippen molar-refractivity contribution in [1.29, 1.82) is 5.26 Å². The van der Waals surface area contributed by atoms with E-state index in [1.165, 1.54) is 11.0 Å². The van der Waals surface area contributed by atoms with Gasteiger partial charge >= 0.3 is 0 Å². The molecular weight excluding hydrogens is 382 g/mol. The lowest BCUT2D eigenvalue weighted by molar-refractivity contribution is 0.0985. The number of para-hydroxylation sites is 1. The maximum atomic E-state index is 14.0. The summed E-state index contributed by atoms with van der Waals surface area (Å²) in [5, 5.41) is 8.76. The lowest BCUT2D eigenvalue weighted by Gasteiger charge is -2.22. The van der Waals surface area contributed by atoms with Crippen LogP contribution in [0.5, 0.6) is 0 Å². The zero-order chi connectivity index (χ0) is 15.2. The highest BCUT2D eigenvalue weighted by molar-refractivity contribution is 14.1. The summed E-state index contributed by atoms with van der Waals surface area (Å²) in [5.41, 5.74) is 0.691. The van der Waals surface area contributed by atoms with Gasteiger partial charge in [0.1, 0.15) is 5.82 Å². The second kappa shape index (κ2) is 7.18. The zero-order valence-corrected chi connectivity index (χ0v) is 13.2. The Kier molecular flexibility index (Phi) is 5.28. The number of anilines is 1. The van der Waals surface area contributed by atoms with Gasteiger partial charge in [-0.15, -0.1) is 0 Å². The fourth-order valence-electron chi connectivity index (χ4n) is 1.94. The van der Waals surface area contributed by atoms with Crippen LogP contribution in [0.1, 0.15) is 16.8 Å². The number of carbonyl (C=O) groups excluding carboxylic acids is 1. The van der Waals surface area contributed by atoms with Crippen LogP contribution in [-0.2, 0) is 0 Å². The van der Waals surface area contributed by atoms with Crippen LogP contribution >= 0.6 is 22.6 Å². The summed E-state index contributed by atoms with van der Waals surface area (Å²) in [5.74, 6) is -0.782. The molecule has 1 amide bonds. The molecule has 0 aliphatic rings. The van der Waals surface area contributed by atoms with Gasteiger partial charge in [-0.05, 0) is 46.9 Å². The van der Waals surface area contributed by atoms with E-state index in [9.17, 15) is 9.18 Å². The molecule has 0 aliphatic heterocycles. The van der Waals surface area contributed by atoms with Crippen molar-refractivity contribution in [3.63, 3.8) is 0 Å². The average molecular weight is 394 g/mol. The van der Waals surface area contributed by atoms with E-state index in [4.69, 9.17) is 5.26 Å². The molecule has 0 saturated carbocycles. The van der Waals surface area contributed by atoms with Crippen molar-refractivity contribution < 1.29 is 9.18 Å². The number of amides is 1. The minimum atomic E-state index is -0.477. The van der Waals surface area contributed by atoms with Crippen LogP contribution < -0.4 is 4.90 Å². The van der Waals surface area contributed by atoms with Crippen molar-refractivity contribution in [3.8, 4) is 6.07 Å². The molecule has 0 aromatic heterocycles. The summed E-state index contributed by atoms with van der Waals surface area (Å²) in [6, 6.07) is 15.2. The van der Waals surface area contributed by atoms with Gasteiger partial charge < -0.3 is 4.90 Å². The normalized spacial score (nSPS) is 9.95. The molecule has 0 heterocycles. The number of nitrogens with zero attached hydrogens (tertiary/aromatic N) is 2. The number of halogens is 2. The van der Waals surface area contributed by atoms with E-state index in [0.717, 1.165) is 3.57 Å². The highest BCUT2D eigenvalue weighted by Gasteiger charge is 2.21. The van der Waals surface area contributed by atoms with Crippen molar-refractivity contribution in [2.45, 2.75) is 6.42 Å². The minimum absolute atomic E-state index is 0.142. The lowest BCUT2D eigenvalue weighted by atomic mass is 10.1. The monoisotopic (exact) mass is 394 g/mol. The fraction of sp³-hybridized carbons (Fsp3) is 0.125. The summed E-state index contributed by atoms with van der Waals surface area (Å²) in [6.45, 7) is 0.154.